The van der Waals surface area contributed by atoms with Crippen molar-refractivity contribution in [2.75, 3.05) is 11.9 Å². The predicted octanol–water partition coefficient (Wildman–Crippen LogP) is 5.30. The van der Waals surface area contributed by atoms with E-state index in [0.717, 1.165) is 27.3 Å². The number of rotatable bonds is 17. The Labute approximate surface area is 356 Å². The summed E-state index contributed by atoms with van der Waals surface area (Å²) in [5.41, 5.74) is 9.89. The zero-order valence-electron chi connectivity index (χ0n) is 35.9. The van der Waals surface area contributed by atoms with Crippen LogP contribution < -0.4 is 27.0 Å². The predicted molar refractivity (Wildman–Crippen MR) is 231 cm³/mol. The summed E-state index contributed by atoms with van der Waals surface area (Å²) in [6.07, 6.45) is 0.169. The first-order chi connectivity index (χ1) is 28.1. The molecule has 0 bridgehead atoms. The molecular formula is C44H61N7O8S. The van der Waals surface area contributed by atoms with Crippen molar-refractivity contribution in [2.45, 2.75) is 136 Å². The first-order valence-electron chi connectivity index (χ1n) is 20.4. The number of thiazole rings is 1. The van der Waals surface area contributed by atoms with E-state index in [-0.39, 0.29) is 50.1 Å². The number of likely N-dealkylation sites (tertiary alicyclic amines) is 1. The number of alkyl carbamates (subject to hydrolysis) is 1. The van der Waals surface area contributed by atoms with Crippen LogP contribution >= 0.6 is 11.3 Å². The van der Waals surface area contributed by atoms with E-state index in [1.165, 1.54) is 4.90 Å². The van der Waals surface area contributed by atoms with Crippen molar-refractivity contribution in [1.82, 2.24) is 25.8 Å². The highest BCUT2D eigenvalue weighted by Crippen LogP contribution is 2.30. The fourth-order valence-corrected chi connectivity index (χ4v) is 7.71. The molecule has 6 amide bonds. The molecule has 3 aromatic rings. The average Bonchev–Trinajstić information content (AvgIpc) is 3.77. The van der Waals surface area contributed by atoms with Crippen molar-refractivity contribution in [1.29, 1.82) is 0 Å². The molecule has 0 aliphatic carbocycles. The molecule has 5 atom stereocenters. The van der Waals surface area contributed by atoms with Crippen LogP contribution in [0, 0.1) is 12.3 Å². The second-order valence-corrected chi connectivity index (χ2v) is 18.3. The number of β-amino-alcohol motifs (C(OH)–C–C–N with tert-alkyl or cyclic N) is 1. The molecule has 60 heavy (non-hydrogen) atoms. The van der Waals surface area contributed by atoms with Crippen LogP contribution in [-0.2, 0) is 35.1 Å². The maximum atomic E-state index is 14.1. The fourth-order valence-electron chi connectivity index (χ4n) is 6.90. The van der Waals surface area contributed by atoms with E-state index in [1.807, 2.05) is 70.5 Å². The lowest BCUT2D eigenvalue weighted by Gasteiger charge is -2.35. The lowest BCUT2D eigenvalue weighted by Crippen LogP contribution is -2.57. The maximum Gasteiger partial charge on any atom is 0.408 e. The first-order valence-corrected chi connectivity index (χ1v) is 21.3. The second kappa shape index (κ2) is 20.8. The van der Waals surface area contributed by atoms with Gasteiger partial charge in [0.1, 0.15) is 23.7 Å². The number of nitrogens with one attached hydrogen (secondary N) is 4. The van der Waals surface area contributed by atoms with Gasteiger partial charge in [-0.15, -0.1) is 11.3 Å². The molecule has 1 saturated heterocycles. The smallest absolute Gasteiger partial charge is 0.408 e. The number of aliphatic hydroxyl groups excluding tert-OH is 1. The van der Waals surface area contributed by atoms with Gasteiger partial charge in [0.2, 0.25) is 29.5 Å². The van der Waals surface area contributed by atoms with Crippen LogP contribution in [0.1, 0.15) is 110 Å². The Kier molecular flexibility index (Phi) is 16.4. The Bertz CT molecular complexity index is 1990. The number of carbonyl (C=O) groups is 6. The monoisotopic (exact) mass is 847 g/mol. The molecule has 1 fully saturated rings. The lowest BCUT2D eigenvalue weighted by atomic mass is 9.85. The Morgan fingerprint density at radius 3 is 2.28 bits per heavy atom. The number of aliphatic hydroxyl groups is 1. The first kappa shape index (κ1) is 47.3. The number of unbranched alkanes of at least 4 members (excludes halogenated alkanes) is 1. The Morgan fingerprint density at radius 1 is 0.967 bits per heavy atom. The third-order valence-electron chi connectivity index (χ3n) is 10.1. The fraction of sp³-hybridized carbons (Fsp3) is 0.523. The van der Waals surface area contributed by atoms with E-state index >= 15 is 0 Å². The van der Waals surface area contributed by atoms with Crippen LogP contribution in [0.25, 0.3) is 10.4 Å². The third-order valence-corrected chi connectivity index (χ3v) is 11.0. The summed E-state index contributed by atoms with van der Waals surface area (Å²) >= 11 is 1.57. The summed E-state index contributed by atoms with van der Waals surface area (Å²) in [7, 11) is 0. The normalized spacial score (nSPS) is 16.9. The highest BCUT2D eigenvalue weighted by molar-refractivity contribution is 7.13. The number of benzene rings is 2. The number of nitrogens with zero attached hydrogens (tertiary/aromatic N) is 2. The lowest BCUT2D eigenvalue weighted by molar-refractivity contribution is -0.144. The van der Waals surface area contributed by atoms with Crippen LogP contribution in [0.3, 0.4) is 0 Å². The zero-order chi connectivity index (χ0) is 44.4. The summed E-state index contributed by atoms with van der Waals surface area (Å²) in [6.45, 7) is 14.4. The number of hydrogen-bond donors (Lipinski definition) is 6. The number of nitrogens with two attached hydrogens (primary N) is 1. The molecule has 1 unspecified atom stereocenters. The Hall–Kier alpha value is -5.35. The van der Waals surface area contributed by atoms with Crippen LogP contribution in [0.4, 0.5) is 10.5 Å². The van der Waals surface area contributed by atoms with E-state index < -0.39 is 59.1 Å². The van der Waals surface area contributed by atoms with E-state index in [9.17, 15) is 33.9 Å². The summed E-state index contributed by atoms with van der Waals surface area (Å²) in [5.74, 6) is -2.26. The van der Waals surface area contributed by atoms with Crippen LogP contribution in [0.5, 0.6) is 0 Å². The molecule has 326 valence electrons. The number of ether oxygens (including phenoxy) is 1. The number of anilines is 1. The molecular weight excluding hydrogens is 787 g/mol. The summed E-state index contributed by atoms with van der Waals surface area (Å²) in [6, 6.07) is 11.8. The average molecular weight is 848 g/mol. The highest BCUT2D eigenvalue weighted by Gasteiger charge is 2.44. The zero-order valence-corrected chi connectivity index (χ0v) is 36.7. The minimum atomic E-state index is -1.06. The summed E-state index contributed by atoms with van der Waals surface area (Å²) in [5, 5.41) is 21.9. The standard InChI is InChI=1S/C44H61N7O8S/c1-26(29-16-18-30(19-17-29)37-27(2)46-25-60-37)47-40(56)34-23-32(52)24-51(34)41(57)38(43(3,4)5)50-36(54)15-10-9-12-28-13-11-14-31(22-28)48-39(55)33(20-21-35(45)53)49-42(58)59-44(6,7)8/h11,13-14,16-19,22,25-26,32-34,38,52H,9-10,12,15,20-21,23-24H2,1-8H3,(H2,45,53)(H,47,56)(H,48,55)(H,49,58)(H,50,54)/t26-,32+,33?,34-,38+/m0/s1. The largest absolute Gasteiger partial charge is 0.444 e. The van der Waals surface area contributed by atoms with Gasteiger partial charge in [0.25, 0.3) is 0 Å². The molecule has 1 aromatic heterocycles. The molecule has 1 aliphatic rings. The topological polar surface area (TPSA) is 222 Å². The van der Waals surface area contributed by atoms with Crippen molar-refractivity contribution in [2.24, 2.45) is 11.1 Å². The van der Waals surface area contributed by atoms with Gasteiger partial charge >= 0.3 is 6.09 Å². The van der Waals surface area contributed by atoms with Gasteiger partial charge in [-0.25, -0.2) is 9.78 Å². The van der Waals surface area contributed by atoms with Crippen molar-refractivity contribution >= 4 is 52.7 Å². The van der Waals surface area contributed by atoms with E-state index in [1.54, 1.807) is 50.3 Å². The third kappa shape index (κ3) is 14.1. The van der Waals surface area contributed by atoms with Crippen molar-refractivity contribution in [3.63, 3.8) is 0 Å². The number of carbonyl (C=O) groups excluding carboxylic acids is 6. The van der Waals surface area contributed by atoms with Crippen molar-refractivity contribution in [3.05, 3.63) is 70.9 Å². The van der Waals surface area contributed by atoms with Crippen LogP contribution in [-0.4, -0.2) is 87.0 Å². The minimum Gasteiger partial charge on any atom is -0.444 e. The molecule has 0 radical (unpaired) electrons. The highest BCUT2D eigenvalue weighted by atomic mass is 32.1. The van der Waals surface area contributed by atoms with Gasteiger partial charge in [-0.2, -0.15) is 0 Å². The summed E-state index contributed by atoms with van der Waals surface area (Å²) in [4.78, 5) is 84.8. The molecule has 15 nitrogen and oxygen atoms in total. The minimum absolute atomic E-state index is 0.0100. The number of primary amides is 1. The van der Waals surface area contributed by atoms with E-state index in [2.05, 4.69) is 26.3 Å². The number of hydrogen-bond acceptors (Lipinski definition) is 10. The van der Waals surface area contributed by atoms with E-state index in [0.29, 0.717) is 24.9 Å². The number of aryl methyl sites for hydroxylation is 2. The molecule has 16 heteroatoms. The van der Waals surface area contributed by atoms with Gasteiger partial charge in [-0.05, 0) is 94.5 Å². The molecule has 4 rings (SSSR count). The van der Waals surface area contributed by atoms with Crippen molar-refractivity contribution in [3.8, 4) is 10.4 Å². The molecule has 1 aliphatic heterocycles. The Morgan fingerprint density at radius 2 is 1.67 bits per heavy atom. The molecule has 0 spiro atoms. The summed E-state index contributed by atoms with van der Waals surface area (Å²) < 4.78 is 5.27. The quantitative estimate of drug-likeness (QED) is 0.0970. The molecule has 2 heterocycles. The molecule has 2 aromatic carbocycles. The molecule has 7 N–H and O–H groups in total. The van der Waals surface area contributed by atoms with E-state index in [4.69, 9.17) is 10.5 Å². The van der Waals surface area contributed by atoms with Gasteiger partial charge in [0.15, 0.2) is 0 Å². The number of aromatic nitrogens is 1. The second-order valence-electron chi connectivity index (χ2n) is 17.5. The van der Waals surface area contributed by atoms with Crippen LogP contribution in [0.2, 0.25) is 0 Å². The van der Waals surface area contributed by atoms with Gasteiger partial charge in [0.05, 0.1) is 28.2 Å². The van der Waals surface area contributed by atoms with Gasteiger partial charge in [-0.1, -0.05) is 57.2 Å². The number of amides is 6. The van der Waals surface area contributed by atoms with Crippen molar-refractivity contribution < 1.29 is 38.6 Å². The molecule has 0 saturated carbocycles. The van der Waals surface area contributed by atoms with Gasteiger partial charge in [-0.3, -0.25) is 24.0 Å². The van der Waals surface area contributed by atoms with Gasteiger partial charge in [0, 0.05) is 31.5 Å². The van der Waals surface area contributed by atoms with Gasteiger partial charge < -0.3 is 41.7 Å². The van der Waals surface area contributed by atoms with Crippen LogP contribution in [0.15, 0.2) is 54.0 Å². The SMILES string of the molecule is Cc1ncsc1-c1ccc([C@H](C)NC(=O)[C@@H]2C[C@@H](O)CN2C(=O)[C@@H](NC(=O)CCCCc2cccc(NC(=O)C(CCC(N)=O)NC(=O)OC(C)(C)C)c2)C(C)(C)C)cc1. The maximum absolute atomic E-state index is 14.1. The Balaban J connectivity index is 1.30.